The second kappa shape index (κ2) is 5.30. The van der Waals surface area contributed by atoms with Gasteiger partial charge in [-0.15, -0.1) is 0 Å². The number of hydrogen-bond acceptors (Lipinski definition) is 3. The van der Waals surface area contributed by atoms with Gasteiger partial charge in [-0.25, -0.2) is 4.98 Å². The van der Waals surface area contributed by atoms with Gasteiger partial charge in [-0.05, 0) is 42.7 Å². The molecule has 0 atom stereocenters. The van der Waals surface area contributed by atoms with E-state index >= 15 is 0 Å². The molecule has 3 aromatic rings. The van der Waals surface area contributed by atoms with Crippen LogP contribution in [0.3, 0.4) is 0 Å². The minimum atomic E-state index is 0.718. The molecule has 1 saturated carbocycles. The highest BCUT2D eigenvalue weighted by Crippen LogP contribution is 2.23. The molecule has 106 valence electrons. The first-order valence-corrected chi connectivity index (χ1v) is 7.46. The fraction of sp³-hybridized carbons (Fsp3) is 0.294. The Hall–Kier alpha value is -2.20. The second-order valence-corrected chi connectivity index (χ2v) is 5.63. The fourth-order valence-corrected chi connectivity index (χ4v) is 2.66. The number of aromatic nitrogens is 3. The summed E-state index contributed by atoms with van der Waals surface area (Å²) in [5, 5.41) is 4.82. The van der Waals surface area contributed by atoms with E-state index in [1.165, 1.54) is 23.8 Å². The van der Waals surface area contributed by atoms with Crippen LogP contribution in [0.15, 0.2) is 48.9 Å². The molecule has 3 heterocycles. The van der Waals surface area contributed by atoms with Crippen LogP contribution >= 0.6 is 0 Å². The Morgan fingerprint density at radius 3 is 2.81 bits per heavy atom. The highest BCUT2D eigenvalue weighted by atomic mass is 15.0. The van der Waals surface area contributed by atoms with E-state index in [0.29, 0.717) is 0 Å². The second-order valence-electron chi connectivity index (χ2n) is 5.63. The lowest BCUT2D eigenvalue weighted by Crippen LogP contribution is -2.14. The van der Waals surface area contributed by atoms with Gasteiger partial charge in [0, 0.05) is 36.6 Å². The van der Waals surface area contributed by atoms with E-state index in [1.807, 2.05) is 30.6 Å². The number of nitrogens with zero attached hydrogens (tertiary/aromatic N) is 3. The van der Waals surface area contributed by atoms with Gasteiger partial charge in [0.05, 0.1) is 12.2 Å². The van der Waals surface area contributed by atoms with Gasteiger partial charge in [0.2, 0.25) is 0 Å². The van der Waals surface area contributed by atoms with Crippen LogP contribution in [-0.2, 0) is 13.1 Å². The van der Waals surface area contributed by atoms with Crippen molar-refractivity contribution in [3.63, 3.8) is 0 Å². The topological polar surface area (TPSA) is 42.7 Å². The molecule has 1 aliphatic rings. The van der Waals surface area contributed by atoms with Crippen LogP contribution in [0.5, 0.6) is 0 Å². The molecule has 0 spiro atoms. The Bertz CT molecular complexity index is 744. The Labute approximate surface area is 123 Å². The van der Waals surface area contributed by atoms with Gasteiger partial charge < -0.3 is 9.88 Å². The van der Waals surface area contributed by atoms with Crippen LogP contribution in [0.4, 0.5) is 0 Å². The van der Waals surface area contributed by atoms with Crippen LogP contribution in [0.25, 0.3) is 11.0 Å². The lowest BCUT2D eigenvalue weighted by Gasteiger charge is -2.03. The van der Waals surface area contributed by atoms with E-state index in [9.17, 15) is 0 Å². The maximum Gasteiger partial charge on any atom is 0.140 e. The summed E-state index contributed by atoms with van der Waals surface area (Å²) in [6.45, 7) is 1.68. The zero-order valence-electron chi connectivity index (χ0n) is 11.9. The molecule has 21 heavy (non-hydrogen) atoms. The van der Waals surface area contributed by atoms with E-state index in [1.54, 1.807) is 0 Å². The highest BCUT2D eigenvalue weighted by molar-refractivity contribution is 5.80. The van der Waals surface area contributed by atoms with Crippen molar-refractivity contribution >= 4 is 11.0 Å². The van der Waals surface area contributed by atoms with Gasteiger partial charge in [0.15, 0.2) is 0 Å². The summed E-state index contributed by atoms with van der Waals surface area (Å²) in [6.07, 6.45) is 8.52. The van der Waals surface area contributed by atoms with Gasteiger partial charge >= 0.3 is 0 Å². The SMILES string of the molecule is c1ccc(Cn2cc(CNC3CC3)c3cccnc32)nc1. The number of hydrogen-bond donors (Lipinski definition) is 1. The summed E-state index contributed by atoms with van der Waals surface area (Å²) in [7, 11) is 0. The third-order valence-electron chi connectivity index (χ3n) is 3.93. The summed E-state index contributed by atoms with van der Waals surface area (Å²) in [5.41, 5.74) is 3.42. The molecule has 0 radical (unpaired) electrons. The average Bonchev–Trinajstić information content (AvgIpc) is 3.30. The van der Waals surface area contributed by atoms with Gasteiger partial charge in [-0.3, -0.25) is 4.98 Å². The van der Waals surface area contributed by atoms with Crippen LogP contribution in [-0.4, -0.2) is 20.6 Å². The lowest BCUT2D eigenvalue weighted by atomic mass is 10.2. The molecule has 1 fully saturated rings. The van der Waals surface area contributed by atoms with Crippen LogP contribution in [0.1, 0.15) is 24.1 Å². The first-order valence-electron chi connectivity index (χ1n) is 7.46. The molecule has 0 aliphatic heterocycles. The minimum Gasteiger partial charge on any atom is -0.326 e. The number of rotatable bonds is 5. The van der Waals surface area contributed by atoms with E-state index < -0.39 is 0 Å². The predicted octanol–water partition coefficient (Wildman–Crippen LogP) is 2.73. The summed E-state index contributed by atoms with van der Waals surface area (Å²) >= 11 is 0. The maximum atomic E-state index is 4.55. The molecule has 0 amide bonds. The third-order valence-corrected chi connectivity index (χ3v) is 3.93. The molecule has 1 N–H and O–H groups in total. The van der Waals surface area contributed by atoms with Crippen molar-refractivity contribution < 1.29 is 0 Å². The maximum absolute atomic E-state index is 4.55. The minimum absolute atomic E-state index is 0.718. The standard InChI is InChI=1S/C17H18N4/c1-2-8-18-15(4-1)12-21-11-13(10-20-14-6-7-14)16-5-3-9-19-17(16)21/h1-5,8-9,11,14,20H,6-7,10,12H2. The fourth-order valence-electron chi connectivity index (χ4n) is 2.66. The Balaban J connectivity index is 1.67. The Kier molecular flexibility index (Phi) is 3.16. The smallest absolute Gasteiger partial charge is 0.140 e. The molecule has 0 bridgehead atoms. The molecule has 0 aromatic carbocycles. The highest BCUT2D eigenvalue weighted by Gasteiger charge is 2.21. The van der Waals surface area contributed by atoms with Crippen LogP contribution in [0, 0.1) is 0 Å². The predicted molar refractivity (Wildman–Crippen MR) is 82.9 cm³/mol. The molecule has 4 heteroatoms. The monoisotopic (exact) mass is 278 g/mol. The first-order chi connectivity index (χ1) is 10.4. The van der Waals surface area contributed by atoms with Crippen molar-refractivity contribution in [2.24, 2.45) is 0 Å². The molecule has 0 saturated heterocycles. The zero-order chi connectivity index (χ0) is 14.1. The molecule has 1 aliphatic carbocycles. The van der Waals surface area contributed by atoms with Crippen molar-refractivity contribution in [3.8, 4) is 0 Å². The molecule has 4 rings (SSSR count). The van der Waals surface area contributed by atoms with Crippen LogP contribution < -0.4 is 5.32 Å². The Morgan fingerprint density at radius 2 is 2.00 bits per heavy atom. The summed E-state index contributed by atoms with van der Waals surface area (Å²) in [5.74, 6) is 0. The largest absolute Gasteiger partial charge is 0.326 e. The summed E-state index contributed by atoms with van der Waals surface area (Å²) in [6, 6.07) is 10.9. The molecular formula is C17H18N4. The van der Waals surface area contributed by atoms with Crippen LogP contribution in [0.2, 0.25) is 0 Å². The van der Waals surface area contributed by atoms with Crippen molar-refractivity contribution in [1.29, 1.82) is 0 Å². The van der Waals surface area contributed by atoms with Crippen molar-refractivity contribution in [2.45, 2.75) is 32.0 Å². The first kappa shape index (κ1) is 12.5. The van der Waals surface area contributed by atoms with Gasteiger partial charge in [0.1, 0.15) is 5.65 Å². The number of nitrogens with one attached hydrogen (secondary N) is 1. The normalized spacial score (nSPS) is 14.7. The van der Waals surface area contributed by atoms with Gasteiger partial charge in [0.25, 0.3) is 0 Å². The quantitative estimate of drug-likeness (QED) is 0.780. The van der Waals surface area contributed by atoms with E-state index in [-0.39, 0.29) is 0 Å². The van der Waals surface area contributed by atoms with Gasteiger partial charge in [-0.1, -0.05) is 6.07 Å². The average molecular weight is 278 g/mol. The molecule has 0 unspecified atom stereocenters. The molecule has 3 aromatic heterocycles. The number of pyridine rings is 2. The number of fused-ring (bicyclic) bond motifs is 1. The Morgan fingerprint density at radius 1 is 1.10 bits per heavy atom. The zero-order valence-corrected chi connectivity index (χ0v) is 11.9. The summed E-state index contributed by atoms with van der Waals surface area (Å²) < 4.78 is 2.20. The van der Waals surface area contributed by atoms with E-state index in [2.05, 4.69) is 38.2 Å². The summed E-state index contributed by atoms with van der Waals surface area (Å²) in [4.78, 5) is 8.96. The van der Waals surface area contributed by atoms with Crippen molar-refractivity contribution in [3.05, 3.63) is 60.2 Å². The lowest BCUT2D eigenvalue weighted by molar-refractivity contribution is 0.686. The molecule has 4 nitrogen and oxygen atoms in total. The van der Waals surface area contributed by atoms with Crippen molar-refractivity contribution in [1.82, 2.24) is 19.9 Å². The van der Waals surface area contributed by atoms with Gasteiger partial charge in [-0.2, -0.15) is 0 Å². The van der Waals surface area contributed by atoms with E-state index in [0.717, 1.165) is 30.5 Å². The molecular weight excluding hydrogens is 260 g/mol. The van der Waals surface area contributed by atoms with E-state index in [4.69, 9.17) is 0 Å². The third kappa shape index (κ3) is 2.67. The van der Waals surface area contributed by atoms with Crippen molar-refractivity contribution in [2.75, 3.05) is 0 Å².